The van der Waals surface area contributed by atoms with Gasteiger partial charge in [-0.1, -0.05) is 29.8 Å². The number of hydrogen-bond acceptors (Lipinski definition) is 1. The minimum absolute atomic E-state index is 0.0454. The number of benzene rings is 1. The van der Waals surface area contributed by atoms with Crippen LogP contribution in [0.1, 0.15) is 45.1 Å². The van der Waals surface area contributed by atoms with Gasteiger partial charge in [-0.2, -0.15) is 0 Å². The van der Waals surface area contributed by atoms with E-state index in [1.165, 1.54) is 17.6 Å². The highest BCUT2D eigenvalue weighted by atomic mass is 16.5. The molecule has 0 radical (unpaired) electrons. The molecule has 0 fully saturated rings. The van der Waals surface area contributed by atoms with Gasteiger partial charge >= 0.3 is 0 Å². The molecule has 1 heterocycles. The van der Waals surface area contributed by atoms with Crippen molar-refractivity contribution in [1.29, 1.82) is 0 Å². The summed E-state index contributed by atoms with van der Waals surface area (Å²) in [5.74, 6) is 2.34. The number of allylic oxidation sites excluding steroid dienone is 2. The average Bonchev–Trinajstić information content (AvgIpc) is 2.28. The van der Waals surface area contributed by atoms with Gasteiger partial charge in [0.25, 0.3) is 0 Å². The summed E-state index contributed by atoms with van der Waals surface area (Å²) in [6.07, 6.45) is 4.73. The molecule has 2 atom stereocenters. The van der Waals surface area contributed by atoms with Gasteiger partial charge in [0.05, 0.1) is 0 Å². The Balaban J connectivity index is 2.10. The lowest BCUT2D eigenvalue weighted by Gasteiger charge is -2.46. The number of hydrogen-bond donors (Lipinski definition) is 0. The Hall–Kier alpha value is -1.24. The molecule has 3 rings (SSSR count). The predicted molar refractivity (Wildman–Crippen MR) is 70.4 cm³/mol. The molecule has 0 aromatic heterocycles. The molecule has 1 heteroatoms. The van der Waals surface area contributed by atoms with Crippen LogP contribution in [0.4, 0.5) is 0 Å². The van der Waals surface area contributed by atoms with Gasteiger partial charge < -0.3 is 4.74 Å². The third kappa shape index (κ3) is 1.69. The van der Waals surface area contributed by atoms with E-state index in [9.17, 15) is 0 Å². The predicted octanol–water partition coefficient (Wildman–Crippen LogP) is 4.30. The van der Waals surface area contributed by atoms with Crippen LogP contribution in [0.5, 0.6) is 5.75 Å². The van der Waals surface area contributed by atoms with Gasteiger partial charge in [-0.3, -0.25) is 0 Å². The Kier molecular flexibility index (Phi) is 2.32. The van der Waals surface area contributed by atoms with Crippen LogP contribution in [0.15, 0.2) is 35.9 Å². The molecule has 1 aliphatic heterocycles. The number of ether oxygens (including phenoxy) is 1. The van der Waals surface area contributed by atoms with E-state index in [0.717, 1.165) is 12.2 Å². The lowest BCUT2D eigenvalue weighted by atomic mass is 9.67. The SMILES string of the molecule is CC1=CCC2C(C1)c1ccccc1OC2(C)C. The Labute approximate surface area is 103 Å². The largest absolute Gasteiger partial charge is 0.487 e. The van der Waals surface area contributed by atoms with E-state index in [0.29, 0.717) is 11.8 Å². The number of fused-ring (bicyclic) bond motifs is 3. The third-order valence-electron chi connectivity index (χ3n) is 4.33. The number of rotatable bonds is 0. The molecule has 1 aliphatic carbocycles. The molecule has 2 aliphatic rings. The van der Waals surface area contributed by atoms with Crippen molar-refractivity contribution in [2.24, 2.45) is 5.92 Å². The first-order valence-corrected chi connectivity index (χ1v) is 6.51. The van der Waals surface area contributed by atoms with E-state index in [2.05, 4.69) is 51.1 Å². The second-order valence-corrected chi connectivity index (χ2v) is 5.95. The first kappa shape index (κ1) is 10.9. The van der Waals surface area contributed by atoms with Crippen LogP contribution in [0.25, 0.3) is 0 Å². The zero-order chi connectivity index (χ0) is 12.0. The van der Waals surface area contributed by atoms with Gasteiger partial charge in [0.2, 0.25) is 0 Å². The van der Waals surface area contributed by atoms with E-state index >= 15 is 0 Å². The summed E-state index contributed by atoms with van der Waals surface area (Å²) in [6, 6.07) is 8.55. The Morgan fingerprint density at radius 3 is 2.82 bits per heavy atom. The van der Waals surface area contributed by atoms with E-state index in [1.54, 1.807) is 0 Å². The second-order valence-electron chi connectivity index (χ2n) is 5.95. The topological polar surface area (TPSA) is 9.23 Å². The van der Waals surface area contributed by atoms with Crippen molar-refractivity contribution in [2.75, 3.05) is 0 Å². The molecular weight excluding hydrogens is 208 g/mol. The van der Waals surface area contributed by atoms with Crippen molar-refractivity contribution in [2.45, 2.75) is 45.1 Å². The minimum Gasteiger partial charge on any atom is -0.487 e. The van der Waals surface area contributed by atoms with Crippen LogP contribution < -0.4 is 4.74 Å². The molecule has 90 valence electrons. The summed E-state index contributed by atoms with van der Waals surface area (Å²) in [7, 11) is 0. The van der Waals surface area contributed by atoms with Crippen molar-refractivity contribution in [1.82, 2.24) is 0 Å². The van der Waals surface area contributed by atoms with E-state index in [1.807, 2.05) is 0 Å². The van der Waals surface area contributed by atoms with Gasteiger partial charge in [-0.25, -0.2) is 0 Å². The van der Waals surface area contributed by atoms with Crippen LogP contribution in [0.3, 0.4) is 0 Å². The van der Waals surface area contributed by atoms with Gasteiger partial charge in [0.15, 0.2) is 0 Å². The maximum absolute atomic E-state index is 6.19. The van der Waals surface area contributed by atoms with Crippen molar-refractivity contribution < 1.29 is 4.74 Å². The molecule has 1 nitrogen and oxygen atoms in total. The monoisotopic (exact) mass is 228 g/mol. The molecule has 0 spiro atoms. The summed E-state index contributed by atoms with van der Waals surface area (Å²) in [5, 5.41) is 0. The molecule has 0 bridgehead atoms. The summed E-state index contributed by atoms with van der Waals surface area (Å²) >= 11 is 0. The fourth-order valence-electron chi connectivity index (χ4n) is 3.40. The first-order chi connectivity index (χ1) is 8.08. The normalized spacial score (nSPS) is 29.7. The van der Waals surface area contributed by atoms with Gasteiger partial charge in [0, 0.05) is 5.92 Å². The summed E-state index contributed by atoms with van der Waals surface area (Å²) < 4.78 is 6.19. The van der Waals surface area contributed by atoms with Crippen LogP contribution in [-0.2, 0) is 0 Å². The maximum atomic E-state index is 6.19. The molecule has 0 saturated heterocycles. The standard InChI is InChI=1S/C16H20O/c1-11-8-9-14-13(10-11)12-6-4-5-7-15(12)17-16(14,2)3/h4-8,13-14H,9-10H2,1-3H3. The van der Waals surface area contributed by atoms with Gasteiger partial charge in [-0.05, 0) is 51.2 Å². The molecule has 17 heavy (non-hydrogen) atoms. The summed E-state index contributed by atoms with van der Waals surface area (Å²) in [4.78, 5) is 0. The molecule has 1 aromatic rings. The lowest BCUT2D eigenvalue weighted by Crippen LogP contribution is -2.45. The fraction of sp³-hybridized carbons (Fsp3) is 0.500. The summed E-state index contributed by atoms with van der Waals surface area (Å²) in [5.41, 5.74) is 2.89. The average molecular weight is 228 g/mol. The number of para-hydroxylation sites is 1. The highest BCUT2D eigenvalue weighted by molar-refractivity contribution is 5.41. The van der Waals surface area contributed by atoms with Crippen LogP contribution in [-0.4, -0.2) is 5.60 Å². The molecule has 2 unspecified atom stereocenters. The molecular formula is C16H20O. The highest BCUT2D eigenvalue weighted by Gasteiger charge is 2.43. The van der Waals surface area contributed by atoms with E-state index < -0.39 is 0 Å². The Morgan fingerprint density at radius 2 is 2.00 bits per heavy atom. The molecule has 1 aromatic carbocycles. The van der Waals surface area contributed by atoms with Gasteiger partial charge in [-0.15, -0.1) is 0 Å². The van der Waals surface area contributed by atoms with E-state index in [-0.39, 0.29) is 5.60 Å². The van der Waals surface area contributed by atoms with Gasteiger partial charge in [0.1, 0.15) is 11.4 Å². The summed E-state index contributed by atoms with van der Waals surface area (Å²) in [6.45, 7) is 6.71. The van der Waals surface area contributed by atoms with Crippen molar-refractivity contribution >= 4 is 0 Å². The fourth-order valence-corrected chi connectivity index (χ4v) is 3.40. The smallest absolute Gasteiger partial charge is 0.123 e. The second kappa shape index (κ2) is 3.63. The van der Waals surface area contributed by atoms with Crippen LogP contribution >= 0.6 is 0 Å². The Bertz CT molecular complexity index is 470. The molecule has 0 N–H and O–H groups in total. The first-order valence-electron chi connectivity index (χ1n) is 6.51. The lowest BCUT2D eigenvalue weighted by molar-refractivity contribution is 0.00856. The van der Waals surface area contributed by atoms with Crippen molar-refractivity contribution in [3.05, 3.63) is 41.5 Å². The minimum atomic E-state index is -0.0454. The molecule has 0 saturated carbocycles. The van der Waals surface area contributed by atoms with Crippen LogP contribution in [0.2, 0.25) is 0 Å². The van der Waals surface area contributed by atoms with Crippen LogP contribution in [0, 0.1) is 5.92 Å². The zero-order valence-corrected chi connectivity index (χ0v) is 10.9. The zero-order valence-electron chi connectivity index (χ0n) is 10.9. The maximum Gasteiger partial charge on any atom is 0.123 e. The molecule has 0 amide bonds. The van der Waals surface area contributed by atoms with E-state index in [4.69, 9.17) is 4.74 Å². The Morgan fingerprint density at radius 1 is 1.24 bits per heavy atom. The highest BCUT2D eigenvalue weighted by Crippen LogP contribution is 2.50. The van der Waals surface area contributed by atoms with Crippen molar-refractivity contribution in [3.8, 4) is 5.75 Å². The third-order valence-corrected chi connectivity index (χ3v) is 4.33. The quantitative estimate of drug-likeness (QED) is 0.602. The van der Waals surface area contributed by atoms with Crippen molar-refractivity contribution in [3.63, 3.8) is 0 Å².